The molecule has 0 atom stereocenters. The highest BCUT2D eigenvalue weighted by atomic mass is 32.1. The Labute approximate surface area is 158 Å². The third-order valence-electron chi connectivity index (χ3n) is 3.76. The molecule has 0 spiro atoms. The molecule has 0 unspecified atom stereocenters. The number of Topliss-reactive ketones (excluding diaryl/α,β-unsaturated/α-hetero) is 1. The van der Waals surface area contributed by atoms with Gasteiger partial charge < -0.3 is 10.1 Å². The maximum Gasteiger partial charge on any atom is 0.341 e. The number of amides is 1. The Balaban J connectivity index is 2.53. The minimum absolute atomic E-state index is 0.0574. The number of carbonyl (C=O) groups excluding carboxylic acids is 3. The number of hydrogen-bond acceptors (Lipinski definition) is 8. The predicted molar refractivity (Wildman–Crippen MR) is 97.6 cm³/mol. The van der Waals surface area contributed by atoms with Crippen molar-refractivity contribution in [3.05, 3.63) is 37.5 Å². The van der Waals surface area contributed by atoms with Crippen molar-refractivity contribution in [2.75, 3.05) is 11.9 Å². The lowest BCUT2D eigenvalue weighted by molar-refractivity contribution is -0.385. The zero-order valence-corrected chi connectivity index (χ0v) is 16.2. The number of thiophene rings is 1. The molecule has 0 saturated carbocycles. The number of nitro groups is 1. The van der Waals surface area contributed by atoms with Crippen LogP contribution in [0.25, 0.3) is 0 Å². The maximum atomic E-state index is 12.7. The van der Waals surface area contributed by atoms with Crippen LogP contribution in [-0.4, -0.2) is 39.0 Å². The maximum absolute atomic E-state index is 12.7. The average Bonchev–Trinajstić information content (AvgIpc) is 3.03. The number of esters is 1. The van der Waals surface area contributed by atoms with Crippen molar-refractivity contribution >= 4 is 39.7 Å². The Morgan fingerprint density at radius 1 is 1.33 bits per heavy atom. The molecule has 1 amide bonds. The second-order valence-electron chi connectivity index (χ2n) is 5.65. The molecule has 0 radical (unpaired) electrons. The number of aromatic nitrogens is 2. The molecule has 0 aromatic carbocycles. The summed E-state index contributed by atoms with van der Waals surface area (Å²) in [6.45, 7) is 6.08. The first-order chi connectivity index (χ1) is 12.6. The molecule has 0 bridgehead atoms. The van der Waals surface area contributed by atoms with Crippen molar-refractivity contribution in [2.24, 2.45) is 7.05 Å². The van der Waals surface area contributed by atoms with Gasteiger partial charge in [0.25, 0.3) is 5.91 Å². The Morgan fingerprint density at radius 3 is 2.48 bits per heavy atom. The fourth-order valence-corrected chi connectivity index (χ4v) is 3.75. The number of rotatable bonds is 6. The van der Waals surface area contributed by atoms with Gasteiger partial charge in [-0.05, 0) is 33.3 Å². The Morgan fingerprint density at radius 2 is 1.96 bits per heavy atom. The zero-order valence-electron chi connectivity index (χ0n) is 15.4. The van der Waals surface area contributed by atoms with Gasteiger partial charge in [0, 0.05) is 7.05 Å². The van der Waals surface area contributed by atoms with Crippen LogP contribution in [0.15, 0.2) is 0 Å². The smallest absolute Gasteiger partial charge is 0.341 e. The van der Waals surface area contributed by atoms with Crippen molar-refractivity contribution in [3.63, 3.8) is 0 Å². The number of hydrogen-bond donors (Lipinski definition) is 1. The van der Waals surface area contributed by atoms with Crippen LogP contribution in [0.4, 0.5) is 10.7 Å². The quantitative estimate of drug-likeness (QED) is 0.344. The molecule has 2 aromatic heterocycles. The summed E-state index contributed by atoms with van der Waals surface area (Å²) in [5.74, 6) is -1.78. The fraction of sp³-hybridized carbons (Fsp3) is 0.375. The van der Waals surface area contributed by atoms with Crippen LogP contribution < -0.4 is 5.32 Å². The topological polar surface area (TPSA) is 133 Å². The van der Waals surface area contributed by atoms with E-state index in [0.717, 1.165) is 16.0 Å². The minimum atomic E-state index is -0.813. The Kier molecular flexibility index (Phi) is 5.74. The van der Waals surface area contributed by atoms with E-state index in [9.17, 15) is 24.5 Å². The van der Waals surface area contributed by atoms with Crippen LogP contribution in [0.5, 0.6) is 0 Å². The largest absolute Gasteiger partial charge is 0.462 e. The highest BCUT2D eigenvalue weighted by molar-refractivity contribution is 7.18. The third-order valence-corrected chi connectivity index (χ3v) is 5.07. The van der Waals surface area contributed by atoms with Gasteiger partial charge in [0.2, 0.25) is 5.69 Å². The molecule has 2 rings (SSSR count). The lowest BCUT2D eigenvalue weighted by Gasteiger charge is -2.07. The second-order valence-corrected chi connectivity index (χ2v) is 6.68. The molecule has 0 aliphatic carbocycles. The van der Waals surface area contributed by atoms with Crippen molar-refractivity contribution < 1.29 is 24.0 Å². The molecule has 0 saturated heterocycles. The molecule has 0 aliphatic heterocycles. The molecule has 2 heterocycles. The second kappa shape index (κ2) is 7.66. The Bertz CT molecular complexity index is 959. The summed E-state index contributed by atoms with van der Waals surface area (Å²) in [5, 5.41) is 17.8. The summed E-state index contributed by atoms with van der Waals surface area (Å²) in [4.78, 5) is 47.7. The van der Waals surface area contributed by atoms with E-state index in [1.165, 1.54) is 20.9 Å². The fourth-order valence-electron chi connectivity index (χ4n) is 2.67. The van der Waals surface area contributed by atoms with E-state index in [1.54, 1.807) is 13.8 Å². The molecule has 11 heteroatoms. The number of ether oxygens (including phenoxy) is 1. The first-order valence-electron chi connectivity index (χ1n) is 7.90. The monoisotopic (exact) mass is 394 g/mol. The van der Waals surface area contributed by atoms with Gasteiger partial charge in [0.15, 0.2) is 5.78 Å². The van der Waals surface area contributed by atoms with Gasteiger partial charge in [0.05, 0.1) is 22.0 Å². The SMILES string of the molecule is CCOC(=O)c1c(NC(=O)c2c([N+](=O)[O-])c(C)nn2C)sc(C(C)=O)c1C. The standard InChI is InChI=1S/C16H18N4O6S/c1-6-26-16(23)10-7(2)13(9(4)21)27-15(10)17-14(22)12-11(20(24)25)8(3)18-19(12)5/h6H2,1-5H3,(H,17,22). The van der Waals surface area contributed by atoms with Crippen LogP contribution in [-0.2, 0) is 11.8 Å². The molecule has 10 nitrogen and oxygen atoms in total. The van der Waals surface area contributed by atoms with E-state index < -0.39 is 22.5 Å². The van der Waals surface area contributed by atoms with E-state index in [0.29, 0.717) is 10.4 Å². The van der Waals surface area contributed by atoms with Crippen LogP contribution in [0.3, 0.4) is 0 Å². The first-order valence-corrected chi connectivity index (χ1v) is 8.72. The van der Waals surface area contributed by atoms with E-state index >= 15 is 0 Å². The van der Waals surface area contributed by atoms with Crippen molar-refractivity contribution in [3.8, 4) is 0 Å². The third kappa shape index (κ3) is 3.72. The lowest BCUT2D eigenvalue weighted by Crippen LogP contribution is -2.19. The van der Waals surface area contributed by atoms with Gasteiger partial charge in [-0.2, -0.15) is 5.10 Å². The normalized spacial score (nSPS) is 10.6. The Hall–Kier alpha value is -3.08. The van der Waals surface area contributed by atoms with E-state index in [2.05, 4.69) is 10.4 Å². The number of carbonyl (C=O) groups is 3. The summed E-state index contributed by atoms with van der Waals surface area (Å²) in [6, 6.07) is 0. The first kappa shape index (κ1) is 20.2. The molecule has 27 heavy (non-hydrogen) atoms. The molecule has 2 aromatic rings. The van der Waals surface area contributed by atoms with Gasteiger partial charge >= 0.3 is 11.7 Å². The van der Waals surface area contributed by atoms with Crippen LogP contribution >= 0.6 is 11.3 Å². The van der Waals surface area contributed by atoms with E-state index in [-0.39, 0.29) is 34.3 Å². The highest BCUT2D eigenvalue weighted by Crippen LogP contribution is 2.35. The molecule has 0 fully saturated rings. The van der Waals surface area contributed by atoms with Crippen molar-refractivity contribution in [2.45, 2.75) is 27.7 Å². The minimum Gasteiger partial charge on any atom is -0.462 e. The average molecular weight is 394 g/mol. The molecule has 0 aliphatic rings. The number of nitrogens with zero attached hydrogens (tertiary/aromatic N) is 3. The number of anilines is 1. The van der Waals surface area contributed by atoms with Crippen molar-refractivity contribution in [1.82, 2.24) is 9.78 Å². The van der Waals surface area contributed by atoms with Gasteiger partial charge in [-0.3, -0.25) is 24.4 Å². The summed E-state index contributed by atoms with van der Waals surface area (Å²) >= 11 is 0.916. The number of nitrogens with one attached hydrogen (secondary N) is 1. The van der Waals surface area contributed by atoms with Crippen LogP contribution in [0.1, 0.15) is 55.6 Å². The summed E-state index contributed by atoms with van der Waals surface area (Å²) < 4.78 is 6.10. The molecule has 1 N–H and O–H groups in total. The van der Waals surface area contributed by atoms with Crippen LogP contribution in [0.2, 0.25) is 0 Å². The predicted octanol–water partition coefficient (Wildman–Crippen LogP) is 2.64. The van der Waals surface area contributed by atoms with Crippen LogP contribution in [0, 0.1) is 24.0 Å². The van der Waals surface area contributed by atoms with Gasteiger partial charge in [-0.15, -0.1) is 11.3 Å². The summed E-state index contributed by atoms with van der Waals surface area (Å²) in [5.41, 5.74) is -0.153. The van der Waals surface area contributed by atoms with Gasteiger partial charge in [0.1, 0.15) is 10.7 Å². The lowest BCUT2D eigenvalue weighted by atomic mass is 10.1. The molecular weight excluding hydrogens is 376 g/mol. The summed E-state index contributed by atoms with van der Waals surface area (Å²) in [7, 11) is 1.40. The zero-order chi connectivity index (χ0) is 20.5. The summed E-state index contributed by atoms with van der Waals surface area (Å²) in [6.07, 6.45) is 0. The number of aryl methyl sites for hydroxylation is 2. The highest BCUT2D eigenvalue weighted by Gasteiger charge is 2.31. The molecule has 144 valence electrons. The van der Waals surface area contributed by atoms with E-state index in [1.807, 2.05) is 0 Å². The van der Waals surface area contributed by atoms with Crippen molar-refractivity contribution in [1.29, 1.82) is 0 Å². The van der Waals surface area contributed by atoms with Gasteiger partial charge in [-0.25, -0.2) is 4.79 Å². The van der Waals surface area contributed by atoms with E-state index in [4.69, 9.17) is 4.74 Å². The van der Waals surface area contributed by atoms with Gasteiger partial charge in [-0.1, -0.05) is 0 Å². The number of ketones is 1. The molecular formula is C16H18N4O6S.